The molecule has 7 nitrogen and oxygen atoms in total. The number of hydrogen-bond donors (Lipinski definition) is 2. The van der Waals surface area contributed by atoms with E-state index in [0.29, 0.717) is 10.2 Å². The Hall–Kier alpha value is -1.50. The van der Waals surface area contributed by atoms with Crippen molar-refractivity contribution in [3.63, 3.8) is 0 Å². The molecule has 0 fully saturated rings. The van der Waals surface area contributed by atoms with E-state index in [1.54, 1.807) is 35.2 Å². The maximum absolute atomic E-state index is 12.2. The number of anilines is 1. The molecule has 1 aromatic carbocycles. The van der Waals surface area contributed by atoms with Crippen molar-refractivity contribution in [1.82, 2.24) is 14.9 Å². The number of thiophene rings is 1. The molecule has 0 spiro atoms. The highest BCUT2D eigenvalue weighted by molar-refractivity contribution is 8.00. The van der Waals surface area contributed by atoms with Crippen molar-refractivity contribution < 1.29 is 13.2 Å². The van der Waals surface area contributed by atoms with Crippen LogP contribution in [0.4, 0.5) is 5.13 Å². The third kappa shape index (κ3) is 6.26. The molecule has 3 rings (SSSR count). The Morgan fingerprint density at radius 2 is 2.07 bits per heavy atom. The summed E-state index contributed by atoms with van der Waals surface area (Å²) in [4.78, 5) is 13.3. The van der Waals surface area contributed by atoms with Gasteiger partial charge in [-0.3, -0.25) is 4.79 Å². The lowest BCUT2D eigenvalue weighted by Gasteiger charge is -2.06. The molecule has 0 aliphatic heterocycles. The van der Waals surface area contributed by atoms with Crippen LogP contribution in [0, 0.1) is 0 Å². The fourth-order valence-electron chi connectivity index (χ4n) is 2.04. The summed E-state index contributed by atoms with van der Waals surface area (Å²) in [5.41, 5.74) is 0. The summed E-state index contributed by atoms with van der Waals surface area (Å²) in [6.45, 7) is -0.0422. The van der Waals surface area contributed by atoms with E-state index in [1.807, 2.05) is 17.5 Å². The molecule has 0 radical (unpaired) electrons. The van der Waals surface area contributed by atoms with Gasteiger partial charge in [0.25, 0.3) is 0 Å². The number of benzene rings is 1. The summed E-state index contributed by atoms with van der Waals surface area (Å²) in [6, 6.07) is 9.96. The summed E-state index contributed by atoms with van der Waals surface area (Å²) in [5, 5.41) is 13.3. The summed E-state index contributed by atoms with van der Waals surface area (Å²) in [5.74, 6) is 0.450. The summed E-state index contributed by atoms with van der Waals surface area (Å²) in [7, 11) is -3.72. The third-order valence-electron chi connectivity index (χ3n) is 3.32. The highest BCUT2D eigenvalue weighted by Crippen LogP contribution is 2.29. The Bertz CT molecular complexity index is 1040. The number of amides is 1. The van der Waals surface area contributed by atoms with Crippen molar-refractivity contribution in [3.8, 4) is 0 Å². The number of nitrogens with one attached hydrogen (secondary N) is 2. The standard InChI is InChI=1S/C16H15ClN4O3S4/c17-11-3-1-5-13(9-11)28(23,24)18-7-6-14(22)19-15-20-21-16(27-15)26-10-12-4-2-8-25-12/h1-5,8-9,18H,6-7,10H2,(H,19,20,22). The van der Waals surface area contributed by atoms with Crippen LogP contribution in [-0.2, 0) is 20.6 Å². The molecule has 0 atom stereocenters. The minimum Gasteiger partial charge on any atom is -0.300 e. The van der Waals surface area contributed by atoms with E-state index in [0.717, 1.165) is 10.1 Å². The van der Waals surface area contributed by atoms with E-state index in [1.165, 1.54) is 28.3 Å². The van der Waals surface area contributed by atoms with E-state index in [9.17, 15) is 13.2 Å². The molecule has 0 bridgehead atoms. The van der Waals surface area contributed by atoms with Crippen molar-refractivity contribution in [2.24, 2.45) is 0 Å². The van der Waals surface area contributed by atoms with Crippen molar-refractivity contribution in [3.05, 3.63) is 51.7 Å². The van der Waals surface area contributed by atoms with Crippen molar-refractivity contribution in [1.29, 1.82) is 0 Å². The molecule has 2 heterocycles. The summed E-state index contributed by atoms with van der Waals surface area (Å²) < 4.78 is 27.5. The Kier molecular flexibility index (Phi) is 7.43. The van der Waals surface area contributed by atoms with E-state index >= 15 is 0 Å². The van der Waals surface area contributed by atoms with E-state index in [-0.39, 0.29) is 23.8 Å². The molecule has 0 saturated heterocycles. The van der Waals surface area contributed by atoms with Crippen LogP contribution in [0.3, 0.4) is 0 Å². The van der Waals surface area contributed by atoms with Crippen molar-refractivity contribution >= 4 is 67.1 Å². The Morgan fingerprint density at radius 1 is 1.21 bits per heavy atom. The molecule has 1 amide bonds. The van der Waals surface area contributed by atoms with Gasteiger partial charge in [0, 0.05) is 28.6 Å². The fourth-order valence-corrected chi connectivity index (χ4v) is 5.92. The van der Waals surface area contributed by atoms with Crippen LogP contribution >= 0.6 is 46.0 Å². The number of thioether (sulfide) groups is 1. The van der Waals surface area contributed by atoms with Gasteiger partial charge >= 0.3 is 0 Å². The SMILES string of the molecule is O=C(CCNS(=O)(=O)c1cccc(Cl)c1)Nc1nnc(SCc2cccs2)s1. The largest absolute Gasteiger partial charge is 0.300 e. The van der Waals surface area contributed by atoms with Crippen LogP contribution in [0.15, 0.2) is 51.0 Å². The van der Waals surface area contributed by atoms with Crippen molar-refractivity contribution in [2.75, 3.05) is 11.9 Å². The number of carbonyl (C=O) groups is 1. The van der Waals surface area contributed by atoms with Crippen LogP contribution in [0.1, 0.15) is 11.3 Å². The topological polar surface area (TPSA) is 101 Å². The number of halogens is 1. The molecular formula is C16H15ClN4O3S4. The lowest BCUT2D eigenvalue weighted by molar-refractivity contribution is -0.116. The van der Waals surface area contributed by atoms with Gasteiger partial charge in [0.2, 0.25) is 21.1 Å². The highest BCUT2D eigenvalue weighted by Gasteiger charge is 2.15. The van der Waals surface area contributed by atoms with Gasteiger partial charge in [0.1, 0.15) is 0 Å². The van der Waals surface area contributed by atoms with Gasteiger partial charge in [-0.2, -0.15) is 0 Å². The number of hydrogen-bond acceptors (Lipinski definition) is 8. The van der Waals surface area contributed by atoms with E-state index in [2.05, 4.69) is 20.2 Å². The summed E-state index contributed by atoms with van der Waals surface area (Å²) >= 11 is 10.3. The molecule has 3 aromatic rings. The third-order valence-corrected chi connectivity index (χ3v) is 8.10. The normalized spacial score (nSPS) is 11.5. The zero-order chi connectivity index (χ0) is 20.0. The Balaban J connectivity index is 1.44. The van der Waals surface area contributed by atoms with Crippen LogP contribution in [-0.4, -0.2) is 31.1 Å². The second kappa shape index (κ2) is 9.81. The molecule has 0 saturated carbocycles. The molecule has 12 heteroatoms. The number of rotatable bonds is 9. The molecule has 2 N–H and O–H groups in total. The smallest absolute Gasteiger partial charge is 0.240 e. The molecule has 2 aromatic heterocycles. The monoisotopic (exact) mass is 474 g/mol. The second-order valence-corrected chi connectivity index (χ2v) is 10.8. The number of nitrogens with zero attached hydrogens (tertiary/aromatic N) is 2. The van der Waals surface area contributed by atoms with Gasteiger partial charge in [0.15, 0.2) is 4.34 Å². The summed E-state index contributed by atoms with van der Waals surface area (Å²) in [6.07, 6.45) is -0.0307. The fraction of sp³-hybridized carbons (Fsp3) is 0.188. The molecule has 28 heavy (non-hydrogen) atoms. The molecular weight excluding hydrogens is 460 g/mol. The van der Waals surface area contributed by atoms with E-state index < -0.39 is 10.0 Å². The predicted octanol–water partition coefficient (Wildman–Crippen LogP) is 3.85. The van der Waals surface area contributed by atoms with Crippen LogP contribution in [0.2, 0.25) is 5.02 Å². The first-order chi connectivity index (χ1) is 13.4. The number of aromatic nitrogens is 2. The number of sulfonamides is 1. The Morgan fingerprint density at radius 3 is 2.82 bits per heavy atom. The molecule has 0 aliphatic carbocycles. The molecule has 0 aliphatic rings. The highest BCUT2D eigenvalue weighted by atomic mass is 35.5. The first kappa shape index (κ1) is 21.2. The quantitative estimate of drug-likeness (QED) is 0.361. The molecule has 148 valence electrons. The second-order valence-electron chi connectivity index (χ2n) is 5.39. The Labute approximate surface area is 179 Å². The first-order valence-corrected chi connectivity index (χ1v) is 12.5. The van der Waals surface area contributed by atoms with Crippen LogP contribution < -0.4 is 10.0 Å². The number of carbonyl (C=O) groups excluding carboxylic acids is 1. The van der Waals surface area contributed by atoms with Gasteiger partial charge in [-0.05, 0) is 29.6 Å². The van der Waals surface area contributed by atoms with Crippen LogP contribution in [0.25, 0.3) is 0 Å². The average Bonchev–Trinajstić information content (AvgIpc) is 3.31. The first-order valence-electron chi connectivity index (χ1n) is 7.96. The minimum absolute atomic E-state index is 0.0307. The maximum Gasteiger partial charge on any atom is 0.240 e. The maximum atomic E-state index is 12.2. The minimum atomic E-state index is -3.72. The van der Waals surface area contributed by atoms with Crippen molar-refractivity contribution in [2.45, 2.75) is 21.4 Å². The van der Waals surface area contributed by atoms with Gasteiger partial charge in [0.05, 0.1) is 4.90 Å². The average molecular weight is 475 g/mol. The van der Waals surface area contributed by atoms with Gasteiger partial charge in [-0.1, -0.05) is 46.8 Å². The predicted molar refractivity (Wildman–Crippen MR) is 114 cm³/mol. The van der Waals surface area contributed by atoms with Gasteiger partial charge in [-0.15, -0.1) is 21.5 Å². The molecule has 0 unspecified atom stereocenters. The lowest BCUT2D eigenvalue weighted by atomic mass is 10.4. The zero-order valence-electron chi connectivity index (χ0n) is 14.3. The van der Waals surface area contributed by atoms with Gasteiger partial charge < -0.3 is 5.32 Å². The van der Waals surface area contributed by atoms with Crippen LogP contribution in [0.5, 0.6) is 0 Å². The van der Waals surface area contributed by atoms with Gasteiger partial charge in [-0.25, -0.2) is 13.1 Å². The zero-order valence-corrected chi connectivity index (χ0v) is 18.3. The van der Waals surface area contributed by atoms with E-state index in [4.69, 9.17) is 11.6 Å². The lowest BCUT2D eigenvalue weighted by Crippen LogP contribution is -2.27.